The Kier molecular flexibility index (Phi) is 4.04. The maximum atomic E-state index is 12.2. The molecule has 0 saturated carbocycles. The second-order valence-corrected chi connectivity index (χ2v) is 4.31. The predicted octanol–water partition coefficient (Wildman–Crippen LogP) is 3.33. The van der Waals surface area contributed by atoms with E-state index in [1.165, 1.54) is 0 Å². The SMILES string of the molecule is O=C(O)O.O=C(c1ccccc1)c1cc2c(cc1O)C=C2. The minimum Gasteiger partial charge on any atom is -0.507 e. The Morgan fingerprint density at radius 1 is 0.857 bits per heavy atom. The predicted molar refractivity (Wildman–Crippen MR) is 77.6 cm³/mol. The average molecular weight is 284 g/mol. The summed E-state index contributed by atoms with van der Waals surface area (Å²) in [6.07, 6.45) is 2.00. The number of carbonyl (C=O) groups excluding carboxylic acids is 1. The van der Waals surface area contributed by atoms with Gasteiger partial charge in [0, 0.05) is 5.56 Å². The standard InChI is InChI=1S/C15H10O2.CH2O3/c16-14-9-12-7-6-11(12)8-13(14)15(17)10-4-2-1-3-5-10;2-1(3)4/h1-9,16H;(H2,2,3,4). The van der Waals surface area contributed by atoms with Crippen LogP contribution in [-0.4, -0.2) is 27.3 Å². The minimum absolute atomic E-state index is 0.0435. The van der Waals surface area contributed by atoms with Gasteiger partial charge in [0.05, 0.1) is 5.56 Å². The molecule has 106 valence electrons. The quantitative estimate of drug-likeness (QED) is 0.627. The van der Waals surface area contributed by atoms with Crippen molar-refractivity contribution in [2.75, 3.05) is 0 Å². The molecule has 0 heterocycles. The van der Waals surface area contributed by atoms with E-state index in [2.05, 4.69) is 0 Å². The van der Waals surface area contributed by atoms with Crippen molar-refractivity contribution in [1.29, 1.82) is 0 Å². The van der Waals surface area contributed by atoms with Crippen LogP contribution in [0.25, 0.3) is 12.2 Å². The molecule has 2 aromatic rings. The zero-order valence-corrected chi connectivity index (χ0v) is 10.9. The summed E-state index contributed by atoms with van der Waals surface area (Å²) in [5.74, 6) is -0.104. The van der Waals surface area contributed by atoms with Crippen molar-refractivity contribution in [3.05, 3.63) is 64.7 Å². The van der Waals surface area contributed by atoms with Crippen molar-refractivity contribution in [3.63, 3.8) is 0 Å². The maximum absolute atomic E-state index is 12.2. The lowest BCUT2D eigenvalue weighted by molar-refractivity contribution is 0.103. The molecule has 3 rings (SSSR count). The smallest absolute Gasteiger partial charge is 0.503 e. The first-order valence-electron chi connectivity index (χ1n) is 6.06. The summed E-state index contributed by atoms with van der Waals surface area (Å²) in [5, 5.41) is 23.8. The molecule has 0 spiro atoms. The van der Waals surface area contributed by atoms with E-state index in [1.54, 1.807) is 24.3 Å². The van der Waals surface area contributed by atoms with Gasteiger partial charge in [-0.2, -0.15) is 0 Å². The Morgan fingerprint density at radius 2 is 1.38 bits per heavy atom. The number of aromatic hydroxyl groups is 1. The number of fused-ring (bicyclic) bond motifs is 1. The Bertz CT molecular complexity index is 713. The van der Waals surface area contributed by atoms with Crippen molar-refractivity contribution in [3.8, 4) is 5.75 Å². The molecule has 1 aliphatic rings. The Balaban J connectivity index is 0.000000361. The summed E-state index contributed by atoms with van der Waals surface area (Å²) in [4.78, 5) is 20.7. The summed E-state index contributed by atoms with van der Waals surface area (Å²) in [6.45, 7) is 0. The first kappa shape index (κ1) is 14.3. The third-order valence-corrected chi connectivity index (χ3v) is 2.92. The first-order valence-corrected chi connectivity index (χ1v) is 6.06. The maximum Gasteiger partial charge on any atom is 0.503 e. The van der Waals surface area contributed by atoms with Crippen LogP contribution in [0.3, 0.4) is 0 Å². The van der Waals surface area contributed by atoms with Crippen molar-refractivity contribution < 1.29 is 24.9 Å². The zero-order valence-electron chi connectivity index (χ0n) is 10.9. The van der Waals surface area contributed by atoms with E-state index in [4.69, 9.17) is 15.0 Å². The van der Waals surface area contributed by atoms with Gasteiger partial charge in [-0.05, 0) is 23.3 Å². The molecule has 0 unspecified atom stereocenters. The highest BCUT2D eigenvalue weighted by Gasteiger charge is 2.17. The fraction of sp³-hybridized carbons (Fsp3) is 0. The Hall–Kier alpha value is -3.08. The van der Waals surface area contributed by atoms with E-state index in [9.17, 15) is 9.90 Å². The van der Waals surface area contributed by atoms with Crippen molar-refractivity contribution >= 4 is 24.1 Å². The van der Waals surface area contributed by atoms with Crippen LogP contribution in [0.2, 0.25) is 0 Å². The van der Waals surface area contributed by atoms with Gasteiger partial charge in [-0.25, -0.2) is 4.79 Å². The molecule has 1 aliphatic carbocycles. The van der Waals surface area contributed by atoms with Crippen molar-refractivity contribution in [1.82, 2.24) is 0 Å². The fourth-order valence-electron chi connectivity index (χ4n) is 1.92. The summed E-state index contributed by atoms with van der Waals surface area (Å²) in [5.41, 5.74) is 2.93. The van der Waals surface area contributed by atoms with E-state index in [1.807, 2.05) is 30.4 Å². The molecule has 0 fully saturated rings. The molecular formula is C16H12O5. The molecule has 0 bridgehead atoms. The Labute approximate surface area is 120 Å². The lowest BCUT2D eigenvalue weighted by atomic mass is 9.92. The number of benzene rings is 2. The summed E-state index contributed by atoms with van der Waals surface area (Å²) >= 11 is 0. The molecule has 0 atom stereocenters. The van der Waals surface area contributed by atoms with E-state index in [-0.39, 0.29) is 11.5 Å². The van der Waals surface area contributed by atoms with E-state index in [0.29, 0.717) is 11.1 Å². The molecule has 0 radical (unpaired) electrons. The molecule has 0 aromatic heterocycles. The van der Waals surface area contributed by atoms with Crippen molar-refractivity contribution in [2.24, 2.45) is 0 Å². The van der Waals surface area contributed by atoms with E-state index >= 15 is 0 Å². The van der Waals surface area contributed by atoms with Gasteiger partial charge < -0.3 is 15.3 Å². The fourth-order valence-corrected chi connectivity index (χ4v) is 1.92. The molecule has 2 aromatic carbocycles. The molecule has 0 amide bonds. The number of hydrogen-bond acceptors (Lipinski definition) is 3. The van der Waals surface area contributed by atoms with Gasteiger partial charge in [-0.1, -0.05) is 42.5 Å². The highest BCUT2D eigenvalue weighted by atomic mass is 16.6. The number of ketones is 1. The Morgan fingerprint density at radius 3 is 1.90 bits per heavy atom. The normalized spacial score (nSPS) is 10.7. The van der Waals surface area contributed by atoms with Gasteiger partial charge in [0.2, 0.25) is 0 Å². The topological polar surface area (TPSA) is 94.8 Å². The molecule has 21 heavy (non-hydrogen) atoms. The third-order valence-electron chi connectivity index (χ3n) is 2.92. The highest BCUT2D eigenvalue weighted by molar-refractivity contribution is 6.11. The largest absolute Gasteiger partial charge is 0.507 e. The van der Waals surface area contributed by atoms with Crippen LogP contribution in [0.4, 0.5) is 4.79 Å². The second kappa shape index (κ2) is 5.92. The van der Waals surface area contributed by atoms with Crippen LogP contribution in [0.5, 0.6) is 5.75 Å². The van der Waals surface area contributed by atoms with Crippen LogP contribution >= 0.6 is 0 Å². The van der Waals surface area contributed by atoms with Crippen LogP contribution in [0.1, 0.15) is 27.0 Å². The number of phenolic OH excluding ortho intramolecular Hbond substituents is 1. The molecule has 5 nitrogen and oxygen atoms in total. The number of hydrogen-bond donors (Lipinski definition) is 3. The van der Waals surface area contributed by atoms with Crippen LogP contribution in [0, 0.1) is 0 Å². The van der Waals surface area contributed by atoms with Gasteiger partial charge in [0.25, 0.3) is 0 Å². The van der Waals surface area contributed by atoms with E-state index < -0.39 is 6.16 Å². The summed E-state index contributed by atoms with van der Waals surface area (Å²) in [6, 6.07) is 12.3. The van der Waals surface area contributed by atoms with Gasteiger partial charge in [-0.15, -0.1) is 0 Å². The van der Waals surface area contributed by atoms with Crippen LogP contribution in [-0.2, 0) is 0 Å². The third kappa shape index (κ3) is 3.27. The minimum atomic E-state index is -1.83. The number of phenols is 1. The molecule has 0 aliphatic heterocycles. The zero-order chi connectivity index (χ0) is 15.4. The highest BCUT2D eigenvalue weighted by Crippen LogP contribution is 2.31. The molecule has 3 N–H and O–H groups in total. The monoisotopic (exact) mass is 284 g/mol. The van der Waals surface area contributed by atoms with Gasteiger partial charge in [0.1, 0.15) is 5.75 Å². The molecule has 0 saturated heterocycles. The van der Waals surface area contributed by atoms with Crippen LogP contribution < -0.4 is 0 Å². The summed E-state index contributed by atoms with van der Waals surface area (Å²) < 4.78 is 0. The second-order valence-electron chi connectivity index (χ2n) is 4.31. The molecular weight excluding hydrogens is 272 g/mol. The van der Waals surface area contributed by atoms with Gasteiger partial charge in [0.15, 0.2) is 5.78 Å². The van der Waals surface area contributed by atoms with Crippen LogP contribution in [0.15, 0.2) is 42.5 Å². The lowest BCUT2D eigenvalue weighted by Crippen LogP contribution is -2.03. The number of carbonyl (C=O) groups is 2. The van der Waals surface area contributed by atoms with E-state index in [0.717, 1.165) is 11.1 Å². The number of carboxylic acid groups (broad SMARTS) is 2. The lowest BCUT2D eigenvalue weighted by Gasteiger charge is -2.13. The summed E-state index contributed by atoms with van der Waals surface area (Å²) in [7, 11) is 0. The van der Waals surface area contributed by atoms with Gasteiger partial charge >= 0.3 is 6.16 Å². The average Bonchev–Trinajstić information content (AvgIpc) is 2.43. The first-order chi connectivity index (χ1) is 9.99. The van der Waals surface area contributed by atoms with Crippen molar-refractivity contribution in [2.45, 2.75) is 0 Å². The number of rotatable bonds is 2. The van der Waals surface area contributed by atoms with Gasteiger partial charge in [-0.3, -0.25) is 4.79 Å². The molecule has 5 heteroatoms.